The maximum absolute atomic E-state index is 12.6. The summed E-state index contributed by atoms with van der Waals surface area (Å²) in [5.74, 6) is 0.0946. The van der Waals surface area contributed by atoms with Crippen molar-refractivity contribution in [1.29, 1.82) is 0 Å². The van der Waals surface area contributed by atoms with Gasteiger partial charge in [-0.05, 0) is 38.1 Å². The van der Waals surface area contributed by atoms with Gasteiger partial charge in [-0.3, -0.25) is 9.78 Å². The third-order valence-corrected chi connectivity index (χ3v) is 4.14. The van der Waals surface area contributed by atoms with E-state index >= 15 is 0 Å². The van der Waals surface area contributed by atoms with Crippen LogP contribution in [0.1, 0.15) is 19.8 Å². The molecule has 0 aliphatic carbocycles. The molecule has 2 heterocycles. The van der Waals surface area contributed by atoms with E-state index in [1.165, 1.54) is 0 Å². The molecule has 1 aromatic carbocycles. The molecule has 4 heteroatoms. The smallest absolute Gasteiger partial charge is 0.230 e. The maximum atomic E-state index is 12.6. The molecule has 1 aliphatic rings. The van der Waals surface area contributed by atoms with E-state index < -0.39 is 0 Å². The average Bonchev–Trinajstić information content (AvgIpc) is 2.48. The van der Waals surface area contributed by atoms with Crippen LogP contribution in [-0.4, -0.2) is 24.0 Å². The average molecular weight is 269 g/mol. The van der Waals surface area contributed by atoms with Gasteiger partial charge in [-0.25, -0.2) is 0 Å². The fourth-order valence-corrected chi connectivity index (χ4v) is 2.68. The van der Waals surface area contributed by atoms with Crippen LogP contribution >= 0.6 is 0 Å². The number of pyridine rings is 1. The van der Waals surface area contributed by atoms with E-state index in [2.05, 4.69) is 15.6 Å². The Morgan fingerprint density at radius 3 is 2.80 bits per heavy atom. The van der Waals surface area contributed by atoms with Gasteiger partial charge in [-0.1, -0.05) is 25.1 Å². The number of nitrogens with one attached hydrogen (secondary N) is 2. The number of hydrogen-bond acceptors (Lipinski definition) is 3. The Kier molecular flexibility index (Phi) is 3.40. The molecule has 0 unspecified atom stereocenters. The highest BCUT2D eigenvalue weighted by Crippen LogP contribution is 2.30. The normalized spacial score (nSPS) is 17.9. The standard InChI is InChI=1S/C16H19N3O/c1-16(7-10-17-11-8-16)15(20)19-13-6-2-4-12-5-3-9-18-14(12)13/h2-6,9,17H,7-8,10-11H2,1H3,(H,19,20). The van der Waals surface area contributed by atoms with Gasteiger partial charge < -0.3 is 10.6 Å². The minimum Gasteiger partial charge on any atom is -0.324 e. The second-order valence-electron chi connectivity index (χ2n) is 5.65. The molecule has 1 aromatic heterocycles. The van der Waals surface area contributed by atoms with Gasteiger partial charge in [0.2, 0.25) is 5.91 Å². The summed E-state index contributed by atoms with van der Waals surface area (Å²) in [6.45, 7) is 3.84. The first kappa shape index (κ1) is 13.1. The number of anilines is 1. The lowest BCUT2D eigenvalue weighted by Gasteiger charge is -2.32. The predicted octanol–water partition coefficient (Wildman–Crippen LogP) is 2.56. The molecule has 0 radical (unpaired) electrons. The van der Waals surface area contributed by atoms with Crippen molar-refractivity contribution in [3.05, 3.63) is 36.5 Å². The Labute approximate surface area is 118 Å². The largest absolute Gasteiger partial charge is 0.324 e. The van der Waals surface area contributed by atoms with Crippen LogP contribution in [-0.2, 0) is 4.79 Å². The van der Waals surface area contributed by atoms with E-state index in [9.17, 15) is 4.79 Å². The lowest BCUT2D eigenvalue weighted by molar-refractivity contribution is -0.126. The number of piperidine rings is 1. The summed E-state index contributed by atoms with van der Waals surface area (Å²) >= 11 is 0. The summed E-state index contributed by atoms with van der Waals surface area (Å²) in [6.07, 6.45) is 3.50. The van der Waals surface area contributed by atoms with Gasteiger partial charge in [0, 0.05) is 17.0 Å². The van der Waals surface area contributed by atoms with E-state index in [1.54, 1.807) is 6.20 Å². The monoisotopic (exact) mass is 269 g/mol. The Bertz CT molecular complexity index is 627. The Balaban J connectivity index is 1.87. The van der Waals surface area contributed by atoms with Crippen LogP contribution in [0.4, 0.5) is 5.69 Å². The molecule has 104 valence electrons. The number of fused-ring (bicyclic) bond motifs is 1. The number of para-hydroxylation sites is 1. The number of aromatic nitrogens is 1. The van der Waals surface area contributed by atoms with E-state index in [0.29, 0.717) is 0 Å². The molecular weight excluding hydrogens is 250 g/mol. The van der Waals surface area contributed by atoms with Crippen LogP contribution in [0.5, 0.6) is 0 Å². The highest BCUT2D eigenvalue weighted by Gasteiger charge is 2.34. The lowest BCUT2D eigenvalue weighted by atomic mass is 9.80. The van der Waals surface area contributed by atoms with E-state index in [4.69, 9.17) is 0 Å². The van der Waals surface area contributed by atoms with Crippen molar-refractivity contribution in [2.45, 2.75) is 19.8 Å². The Morgan fingerprint density at radius 2 is 2.00 bits per heavy atom. The zero-order valence-corrected chi connectivity index (χ0v) is 11.6. The second kappa shape index (κ2) is 5.21. The SMILES string of the molecule is CC1(C(=O)Nc2cccc3cccnc23)CCNCC1. The van der Waals surface area contributed by atoms with Gasteiger partial charge in [0.15, 0.2) is 0 Å². The first-order valence-corrected chi connectivity index (χ1v) is 7.05. The molecule has 0 atom stereocenters. The van der Waals surface area contributed by atoms with Crippen molar-refractivity contribution >= 4 is 22.5 Å². The summed E-state index contributed by atoms with van der Waals surface area (Å²) in [5.41, 5.74) is 1.36. The van der Waals surface area contributed by atoms with Gasteiger partial charge in [-0.2, -0.15) is 0 Å². The molecule has 2 aromatic rings. The van der Waals surface area contributed by atoms with Crippen molar-refractivity contribution in [2.24, 2.45) is 5.41 Å². The van der Waals surface area contributed by atoms with Crippen LogP contribution in [0, 0.1) is 5.41 Å². The molecule has 0 spiro atoms. The van der Waals surface area contributed by atoms with Gasteiger partial charge in [0.25, 0.3) is 0 Å². The minimum absolute atomic E-state index is 0.0946. The summed E-state index contributed by atoms with van der Waals surface area (Å²) < 4.78 is 0. The molecule has 1 aliphatic heterocycles. The molecule has 3 rings (SSSR count). The summed E-state index contributed by atoms with van der Waals surface area (Å²) in [6, 6.07) is 9.78. The minimum atomic E-state index is -0.289. The fourth-order valence-electron chi connectivity index (χ4n) is 2.68. The molecule has 0 saturated carbocycles. The topological polar surface area (TPSA) is 54.0 Å². The van der Waals surface area contributed by atoms with Gasteiger partial charge in [0.05, 0.1) is 11.2 Å². The van der Waals surface area contributed by atoms with Crippen molar-refractivity contribution in [1.82, 2.24) is 10.3 Å². The molecule has 2 N–H and O–H groups in total. The second-order valence-corrected chi connectivity index (χ2v) is 5.65. The Morgan fingerprint density at radius 1 is 1.25 bits per heavy atom. The number of benzene rings is 1. The number of nitrogens with zero attached hydrogens (tertiary/aromatic N) is 1. The highest BCUT2D eigenvalue weighted by molar-refractivity contribution is 6.02. The lowest BCUT2D eigenvalue weighted by Crippen LogP contribution is -2.42. The number of hydrogen-bond donors (Lipinski definition) is 2. The third kappa shape index (κ3) is 2.39. The van der Waals surface area contributed by atoms with Crippen LogP contribution in [0.25, 0.3) is 10.9 Å². The van der Waals surface area contributed by atoms with Crippen molar-refractivity contribution in [2.75, 3.05) is 18.4 Å². The van der Waals surface area contributed by atoms with Crippen LogP contribution in [0.15, 0.2) is 36.5 Å². The van der Waals surface area contributed by atoms with Crippen molar-refractivity contribution in [3.8, 4) is 0 Å². The van der Waals surface area contributed by atoms with Crippen LogP contribution in [0.2, 0.25) is 0 Å². The number of amides is 1. The highest BCUT2D eigenvalue weighted by atomic mass is 16.2. The summed E-state index contributed by atoms with van der Waals surface area (Å²) in [7, 11) is 0. The van der Waals surface area contributed by atoms with Crippen LogP contribution in [0.3, 0.4) is 0 Å². The Hall–Kier alpha value is -1.94. The molecule has 1 amide bonds. The molecule has 1 fully saturated rings. The summed E-state index contributed by atoms with van der Waals surface area (Å²) in [5, 5.41) is 7.40. The molecular formula is C16H19N3O. The molecule has 1 saturated heterocycles. The first-order chi connectivity index (χ1) is 9.69. The van der Waals surface area contributed by atoms with E-state index in [1.807, 2.05) is 37.3 Å². The van der Waals surface area contributed by atoms with Crippen LogP contribution < -0.4 is 10.6 Å². The van der Waals surface area contributed by atoms with Crippen molar-refractivity contribution < 1.29 is 4.79 Å². The molecule has 20 heavy (non-hydrogen) atoms. The number of carbonyl (C=O) groups excluding carboxylic acids is 1. The molecule has 4 nitrogen and oxygen atoms in total. The van der Waals surface area contributed by atoms with E-state index in [-0.39, 0.29) is 11.3 Å². The maximum Gasteiger partial charge on any atom is 0.230 e. The number of carbonyl (C=O) groups is 1. The van der Waals surface area contributed by atoms with Gasteiger partial charge in [0.1, 0.15) is 0 Å². The first-order valence-electron chi connectivity index (χ1n) is 7.05. The van der Waals surface area contributed by atoms with Crippen molar-refractivity contribution in [3.63, 3.8) is 0 Å². The van der Waals surface area contributed by atoms with E-state index in [0.717, 1.165) is 42.5 Å². The number of rotatable bonds is 2. The molecule has 0 bridgehead atoms. The summed E-state index contributed by atoms with van der Waals surface area (Å²) in [4.78, 5) is 16.9. The third-order valence-electron chi connectivity index (χ3n) is 4.14. The van der Waals surface area contributed by atoms with Gasteiger partial charge >= 0.3 is 0 Å². The zero-order chi connectivity index (χ0) is 14.0. The fraction of sp³-hybridized carbons (Fsp3) is 0.375. The zero-order valence-electron chi connectivity index (χ0n) is 11.6. The predicted molar refractivity (Wildman–Crippen MR) is 80.6 cm³/mol. The quantitative estimate of drug-likeness (QED) is 0.881. The van der Waals surface area contributed by atoms with Gasteiger partial charge in [-0.15, -0.1) is 0 Å².